The van der Waals surface area contributed by atoms with Crippen LogP contribution in [0, 0.1) is 13.8 Å². The van der Waals surface area contributed by atoms with Crippen LogP contribution in [0.15, 0.2) is 18.2 Å². The fraction of sp³-hybridized carbons (Fsp3) is 0.500. The van der Waals surface area contributed by atoms with E-state index >= 15 is 0 Å². The van der Waals surface area contributed by atoms with Crippen molar-refractivity contribution in [2.24, 2.45) is 0 Å². The second-order valence-electron chi connectivity index (χ2n) is 5.33. The van der Waals surface area contributed by atoms with E-state index in [0.717, 1.165) is 11.3 Å². The van der Waals surface area contributed by atoms with Gasteiger partial charge in [0, 0.05) is 18.8 Å². The standard InChI is InChI=1S/C16H22N2O3S/c1-12-3-4-14(9-13(12)2)17-15(19)10-22-11-16(20)18-5-7-21-8-6-18/h3-4,9H,5-8,10-11H2,1-2H3,(H,17,19). The van der Waals surface area contributed by atoms with E-state index in [9.17, 15) is 9.59 Å². The highest BCUT2D eigenvalue weighted by molar-refractivity contribution is 8.00. The first kappa shape index (κ1) is 16.8. The van der Waals surface area contributed by atoms with Crippen LogP contribution >= 0.6 is 11.8 Å². The molecule has 0 spiro atoms. The number of benzene rings is 1. The van der Waals surface area contributed by atoms with E-state index in [4.69, 9.17) is 4.74 Å². The lowest BCUT2D eigenvalue weighted by atomic mass is 10.1. The summed E-state index contributed by atoms with van der Waals surface area (Å²) in [6, 6.07) is 5.83. The van der Waals surface area contributed by atoms with Gasteiger partial charge in [0.2, 0.25) is 11.8 Å². The highest BCUT2D eigenvalue weighted by Crippen LogP contribution is 2.14. The number of aryl methyl sites for hydroxylation is 2. The molecule has 1 aliphatic heterocycles. The van der Waals surface area contributed by atoms with Crippen LogP contribution < -0.4 is 5.32 Å². The van der Waals surface area contributed by atoms with Crippen LogP contribution in [-0.2, 0) is 14.3 Å². The van der Waals surface area contributed by atoms with Crippen LogP contribution in [0.4, 0.5) is 5.69 Å². The largest absolute Gasteiger partial charge is 0.378 e. The number of carbonyl (C=O) groups is 2. The normalized spacial score (nSPS) is 14.7. The molecule has 2 amide bonds. The Balaban J connectivity index is 1.71. The van der Waals surface area contributed by atoms with Gasteiger partial charge in [-0.2, -0.15) is 0 Å². The van der Waals surface area contributed by atoms with Gasteiger partial charge in [0.25, 0.3) is 0 Å². The van der Waals surface area contributed by atoms with Crippen molar-refractivity contribution >= 4 is 29.3 Å². The number of hydrogen-bond acceptors (Lipinski definition) is 4. The minimum absolute atomic E-state index is 0.0762. The summed E-state index contributed by atoms with van der Waals surface area (Å²) in [5.41, 5.74) is 3.14. The Labute approximate surface area is 135 Å². The summed E-state index contributed by atoms with van der Waals surface area (Å²) in [7, 11) is 0. The van der Waals surface area contributed by atoms with Gasteiger partial charge in [-0.1, -0.05) is 6.07 Å². The number of ether oxygens (including phenoxy) is 1. The number of morpholine rings is 1. The monoisotopic (exact) mass is 322 g/mol. The highest BCUT2D eigenvalue weighted by Gasteiger charge is 2.16. The molecule has 0 aromatic heterocycles. The van der Waals surface area contributed by atoms with Gasteiger partial charge in [0.1, 0.15) is 0 Å². The van der Waals surface area contributed by atoms with Crippen LogP contribution in [0.3, 0.4) is 0 Å². The zero-order valence-electron chi connectivity index (χ0n) is 13.1. The molecule has 120 valence electrons. The Morgan fingerprint density at radius 1 is 1.18 bits per heavy atom. The zero-order valence-corrected chi connectivity index (χ0v) is 13.9. The minimum atomic E-state index is -0.0805. The van der Waals surface area contributed by atoms with E-state index < -0.39 is 0 Å². The first-order valence-corrected chi connectivity index (χ1v) is 8.52. The summed E-state index contributed by atoms with van der Waals surface area (Å²) in [6.07, 6.45) is 0. The molecule has 0 unspecified atom stereocenters. The van der Waals surface area contributed by atoms with E-state index in [1.54, 1.807) is 4.90 Å². The molecule has 1 aromatic carbocycles. The Kier molecular flexibility index (Phi) is 6.27. The Hall–Kier alpha value is -1.53. The van der Waals surface area contributed by atoms with Gasteiger partial charge < -0.3 is 15.0 Å². The number of rotatable bonds is 5. The lowest BCUT2D eigenvalue weighted by Gasteiger charge is -2.26. The van der Waals surface area contributed by atoms with E-state index in [-0.39, 0.29) is 17.6 Å². The number of amides is 2. The molecule has 0 aliphatic carbocycles. The summed E-state index contributed by atoms with van der Waals surface area (Å²) in [4.78, 5) is 25.6. The Morgan fingerprint density at radius 3 is 2.59 bits per heavy atom. The average molecular weight is 322 g/mol. The number of carbonyl (C=O) groups excluding carboxylic acids is 2. The summed E-state index contributed by atoms with van der Waals surface area (Å²) < 4.78 is 5.21. The molecule has 22 heavy (non-hydrogen) atoms. The maximum atomic E-state index is 11.9. The molecule has 0 saturated carbocycles. The van der Waals surface area contributed by atoms with Gasteiger partial charge in [-0.05, 0) is 37.1 Å². The van der Waals surface area contributed by atoms with Crippen molar-refractivity contribution in [2.75, 3.05) is 43.1 Å². The molecular formula is C16H22N2O3S. The smallest absolute Gasteiger partial charge is 0.234 e. The molecule has 1 aromatic rings. The number of thioether (sulfide) groups is 1. The maximum Gasteiger partial charge on any atom is 0.234 e. The van der Waals surface area contributed by atoms with Gasteiger partial charge in [-0.3, -0.25) is 9.59 Å². The van der Waals surface area contributed by atoms with Crippen LogP contribution in [-0.4, -0.2) is 54.5 Å². The molecule has 2 rings (SSSR count). The Morgan fingerprint density at radius 2 is 1.91 bits per heavy atom. The van der Waals surface area contributed by atoms with E-state index in [1.807, 2.05) is 32.0 Å². The third kappa shape index (κ3) is 5.03. The molecule has 0 atom stereocenters. The SMILES string of the molecule is Cc1ccc(NC(=O)CSCC(=O)N2CCOCC2)cc1C. The van der Waals surface area contributed by atoms with Gasteiger partial charge >= 0.3 is 0 Å². The van der Waals surface area contributed by atoms with Crippen LogP contribution in [0.25, 0.3) is 0 Å². The predicted octanol–water partition coefficient (Wildman–Crippen LogP) is 1.83. The molecule has 6 heteroatoms. The van der Waals surface area contributed by atoms with E-state index in [1.165, 1.54) is 17.3 Å². The lowest BCUT2D eigenvalue weighted by Crippen LogP contribution is -2.41. The van der Waals surface area contributed by atoms with Crippen molar-refractivity contribution in [3.8, 4) is 0 Å². The van der Waals surface area contributed by atoms with Gasteiger partial charge in [0.15, 0.2) is 0 Å². The molecule has 1 heterocycles. The molecule has 0 bridgehead atoms. The first-order valence-electron chi connectivity index (χ1n) is 7.36. The second kappa shape index (κ2) is 8.19. The van der Waals surface area contributed by atoms with Crippen molar-refractivity contribution < 1.29 is 14.3 Å². The molecule has 1 aliphatic rings. The molecule has 1 saturated heterocycles. The topological polar surface area (TPSA) is 58.6 Å². The van der Waals surface area contributed by atoms with Crippen LogP contribution in [0.1, 0.15) is 11.1 Å². The summed E-state index contributed by atoms with van der Waals surface area (Å²) >= 11 is 1.35. The predicted molar refractivity (Wildman–Crippen MR) is 89.3 cm³/mol. The average Bonchev–Trinajstić information content (AvgIpc) is 2.51. The summed E-state index contributed by atoms with van der Waals surface area (Å²) in [5.74, 6) is 0.610. The molecule has 0 radical (unpaired) electrons. The van der Waals surface area contributed by atoms with Crippen molar-refractivity contribution in [1.82, 2.24) is 4.90 Å². The van der Waals surface area contributed by atoms with E-state index in [0.29, 0.717) is 32.1 Å². The van der Waals surface area contributed by atoms with Crippen molar-refractivity contribution in [2.45, 2.75) is 13.8 Å². The fourth-order valence-electron chi connectivity index (χ4n) is 2.15. The lowest BCUT2D eigenvalue weighted by molar-refractivity contribution is -0.132. The minimum Gasteiger partial charge on any atom is -0.378 e. The van der Waals surface area contributed by atoms with Crippen molar-refractivity contribution in [3.05, 3.63) is 29.3 Å². The molecule has 5 nitrogen and oxygen atoms in total. The first-order chi connectivity index (χ1) is 10.6. The van der Waals surface area contributed by atoms with Gasteiger partial charge in [-0.15, -0.1) is 11.8 Å². The summed E-state index contributed by atoms with van der Waals surface area (Å²) in [6.45, 7) is 6.55. The van der Waals surface area contributed by atoms with Crippen molar-refractivity contribution in [1.29, 1.82) is 0 Å². The molecular weight excluding hydrogens is 300 g/mol. The third-order valence-corrected chi connectivity index (χ3v) is 4.53. The number of nitrogens with one attached hydrogen (secondary N) is 1. The fourth-order valence-corrected chi connectivity index (χ4v) is 2.87. The van der Waals surface area contributed by atoms with Crippen LogP contribution in [0.5, 0.6) is 0 Å². The van der Waals surface area contributed by atoms with E-state index in [2.05, 4.69) is 5.32 Å². The third-order valence-electron chi connectivity index (χ3n) is 3.61. The van der Waals surface area contributed by atoms with Gasteiger partial charge in [-0.25, -0.2) is 0 Å². The second-order valence-corrected chi connectivity index (χ2v) is 6.32. The number of hydrogen-bond donors (Lipinski definition) is 1. The summed E-state index contributed by atoms with van der Waals surface area (Å²) in [5, 5.41) is 2.86. The quantitative estimate of drug-likeness (QED) is 0.898. The molecule has 1 N–H and O–H groups in total. The zero-order chi connectivity index (χ0) is 15.9. The highest BCUT2D eigenvalue weighted by atomic mass is 32.2. The number of nitrogens with zero attached hydrogens (tertiary/aromatic N) is 1. The van der Waals surface area contributed by atoms with Gasteiger partial charge in [0.05, 0.1) is 24.7 Å². The van der Waals surface area contributed by atoms with Crippen molar-refractivity contribution in [3.63, 3.8) is 0 Å². The van der Waals surface area contributed by atoms with Crippen LogP contribution in [0.2, 0.25) is 0 Å². The molecule has 1 fully saturated rings. The Bertz CT molecular complexity index is 542. The number of anilines is 1. The maximum absolute atomic E-state index is 11.9.